The summed E-state index contributed by atoms with van der Waals surface area (Å²) < 4.78 is 0. The SMILES string of the molecule is Cl.NCCNC(=O)c1ccccc1NC(=O)C1CC1c1ccc(Cl)c(Cl)c1. The van der Waals surface area contributed by atoms with Crippen LogP contribution in [-0.4, -0.2) is 24.9 Å². The van der Waals surface area contributed by atoms with Gasteiger partial charge in [0.05, 0.1) is 21.3 Å². The molecule has 3 rings (SSSR count). The highest BCUT2D eigenvalue weighted by atomic mass is 35.5. The van der Waals surface area contributed by atoms with E-state index >= 15 is 0 Å². The third-order valence-electron chi connectivity index (χ3n) is 4.36. The molecule has 0 heterocycles. The summed E-state index contributed by atoms with van der Waals surface area (Å²) in [5.74, 6) is -0.404. The van der Waals surface area contributed by atoms with Crippen LogP contribution in [0, 0.1) is 5.92 Å². The monoisotopic (exact) mass is 427 g/mol. The standard InChI is InChI=1S/C19H19Cl2N3O2.ClH/c20-15-6-5-11(9-16(15)21)13-10-14(13)19(26)24-17-4-2-1-3-12(17)18(25)23-8-7-22;/h1-6,9,13-14H,7-8,10,22H2,(H,23,25)(H,24,26);1H. The predicted molar refractivity (Wildman–Crippen MR) is 111 cm³/mol. The first-order chi connectivity index (χ1) is 12.5. The largest absolute Gasteiger partial charge is 0.351 e. The van der Waals surface area contributed by atoms with E-state index in [1.165, 1.54) is 0 Å². The summed E-state index contributed by atoms with van der Waals surface area (Å²) in [6, 6.07) is 12.3. The highest BCUT2D eigenvalue weighted by Gasteiger charge is 2.44. The van der Waals surface area contributed by atoms with Crippen LogP contribution in [-0.2, 0) is 4.79 Å². The van der Waals surface area contributed by atoms with Crippen LogP contribution < -0.4 is 16.4 Å². The van der Waals surface area contributed by atoms with E-state index in [0.29, 0.717) is 34.4 Å². The molecule has 2 unspecified atom stereocenters. The molecule has 144 valence electrons. The number of rotatable bonds is 6. The highest BCUT2D eigenvalue weighted by Crippen LogP contribution is 2.49. The van der Waals surface area contributed by atoms with Crippen molar-refractivity contribution in [2.24, 2.45) is 11.7 Å². The molecule has 8 heteroatoms. The number of carbonyl (C=O) groups excluding carboxylic acids is 2. The zero-order chi connectivity index (χ0) is 18.7. The third kappa shape index (κ3) is 5.14. The number of halogens is 3. The quantitative estimate of drug-likeness (QED) is 0.653. The van der Waals surface area contributed by atoms with Crippen LogP contribution in [0.4, 0.5) is 5.69 Å². The second-order valence-electron chi connectivity index (χ2n) is 6.20. The van der Waals surface area contributed by atoms with Gasteiger partial charge in [0, 0.05) is 19.0 Å². The maximum absolute atomic E-state index is 12.6. The molecular weight excluding hydrogens is 409 g/mol. The van der Waals surface area contributed by atoms with Gasteiger partial charge in [-0.3, -0.25) is 9.59 Å². The number of hydrogen-bond donors (Lipinski definition) is 3. The van der Waals surface area contributed by atoms with E-state index in [4.69, 9.17) is 28.9 Å². The lowest BCUT2D eigenvalue weighted by molar-refractivity contribution is -0.117. The molecule has 2 amide bonds. The zero-order valence-corrected chi connectivity index (χ0v) is 16.7. The lowest BCUT2D eigenvalue weighted by Crippen LogP contribution is -2.30. The normalized spacial score (nSPS) is 17.6. The molecule has 5 nitrogen and oxygen atoms in total. The minimum absolute atomic E-state index is 0. The maximum Gasteiger partial charge on any atom is 0.253 e. The van der Waals surface area contributed by atoms with Crippen LogP contribution in [0.25, 0.3) is 0 Å². The Morgan fingerprint density at radius 3 is 2.56 bits per heavy atom. The van der Waals surface area contributed by atoms with E-state index in [0.717, 1.165) is 12.0 Å². The van der Waals surface area contributed by atoms with Crippen molar-refractivity contribution in [2.75, 3.05) is 18.4 Å². The Balaban J connectivity index is 0.00000261. The number of nitrogens with two attached hydrogens (primary N) is 1. The molecule has 27 heavy (non-hydrogen) atoms. The number of amides is 2. The van der Waals surface area contributed by atoms with Gasteiger partial charge in [-0.1, -0.05) is 41.4 Å². The first-order valence-corrected chi connectivity index (χ1v) is 9.10. The molecule has 1 saturated carbocycles. The fourth-order valence-electron chi connectivity index (χ4n) is 2.89. The number of anilines is 1. The molecule has 1 aliphatic rings. The van der Waals surface area contributed by atoms with Crippen molar-refractivity contribution in [1.82, 2.24) is 5.32 Å². The number of hydrogen-bond acceptors (Lipinski definition) is 3. The summed E-state index contributed by atoms with van der Waals surface area (Å²) in [5, 5.41) is 6.55. The van der Waals surface area contributed by atoms with Gasteiger partial charge < -0.3 is 16.4 Å². The second-order valence-corrected chi connectivity index (χ2v) is 7.02. The summed E-state index contributed by atoms with van der Waals surface area (Å²) in [4.78, 5) is 24.8. The van der Waals surface area contributed by atoms with Gasteiger partial charge in [-0.05, 0) is 42.2 Å². The van der Waals surface area contributed by atoms with E-state index in [1.54, 1.807) is 36.4 Å². The maximum atomic E-state index is 12.6. The lowest BCUT2D eigenvalue weighted by Gasteiger charge is -2.11. The molecule has 0 aromatic heterocycles. The smallest absolute Gasteiger partial charge is 0.253 e. The second kappa shape index (κ2) is 9.42. The van der Waals surface area contributed by atoms with E-state index in [9.17, 15) is 9.59 Å². The number of benzene rings is 2. The number of carbonyl (C=O) groups is 2. The van der Waals surface area contributed by atoms with Crippen molar-refractivity contribution in [3.63, 3.8) is 0 Å². The average molecular weight is 429 g/mol. The fourth-order valence-corrected chi connectivity index (χ4v) is 3.20. The van der Waals surface area contributed by atoms with Crippen molar-refractivity contribution < 1.29 is 9.59 Å². The molecule has 0 bridgehead atoms. The molecule has 2 aromatic rings. The fraction of sp³-hybridized carbons (Fsp3) is 0.263. The third-order valence-corrected chi connectivity index (χ3v) is 5.10. The predicted octanol–water partition coefficient (Wildman–Crippen LogP) is 3.85. The van der Waals surface area contributed by atoms with E-state index in [-0.39, 0.29) is 36.1 Å². The van der Waals surface area contributed by atoms with Gasteiger partial charge in [-0.2, -0.15) is 0 Å². The summed E-state index contributed by atoms with van der Waals surface area (Å²) in [6.07, 6.45) is 0.741. The molecule has 2 atom stereocenters. The molecule has 1 fully saturated rings. The van der Waals surface area contributed by atoms with Gasteiger partial charge >= 0.3 is 0 Å². The van der Waals surface area contributed by atoms with E-state index < -0.39 is 0 Å². The van der Waals surface area contributed by atoms with E-state index in [1.807, 2.05) is 6.07 Å². The van der Waals surface area contributed by atoms with Crippen LogP contribution in [0.3, 0.4) is 0 Å². The Bertz CT molecular complexity index is 845. The summed E-state index contributed by atoms with van der Waals surface area (Å²) >= 11 is 12.0. The lowest BCUT2D eigenvalue weighted by atomic mass is 10.1. The van der Waals surface area contributed by atoms with Gasteiger partial charge in [-0.25, -0.2) is 0 Å². The van der Waals surface area contributed by atoms with E-state index in [2.05, 4.69) is 10.6 Å². The van der Waals surface area contributed by atoms with Gasteiger partial charge in [-0.15, -0.1) is 12.4 Å². The molecule has 0 spiro atoms. The van der Waals surface area contributed by atoms with Gasteiger partial charge in [0.15, 0.2) is 0 Å². The Morgan fingerprint density at radius 2 is 1.85 bits per heavy atom. The molecule has 1 aliphatic carbocycles. The first-order valence-electron chi connectivity index (χ1n) is 8.34. The molecule has 0 aliphatic heterocycles. The Morgan fingerprint density at radius 1 is 1.11 bits per heavy atom. The summed E-state index contributed by atoms with van der Waals surface area (Å²) in [7, 11) is 0. The summed E-state index contributed by atoms with van der Waals surface area (Å²) in [5.41, 5.74) is 7.31. The van der Waals surface area contributed by atoms with Gasteiger partial charge in [0.1, 0.15) is 0 Å². The van der Waals surface area contributed by atoms with Crippen molar-refractivity contribution in [1.29, 1.82) is 0 Å². The van der Waals surface area contributed by atoms with Crippen LogP contribution >= 0.6 is 35.6 Å². The Labute approximate surface area is 174 Å². The number of nitrogens with one attached hydrogen (secondary N) is 2. The first kappa shape index (κ1) is 21.5. The van der Waals surface area contributed by atoms with Crippen LogP contribution in [0.1, 0.15) is 28.3 Å². The van der Waals surface area contributed by atoms with Crippen LogP contribution in [0.15, 0.2) is 42.5 Å². The molecule has 2 aromatic carbocycles. The minimum atomic E-state index is -0.261. The highest BCUT2D eigenvalue weighted by molar-refractivity contribution is 6.42. The average Bonchev–Trinajstić information content (AvgIpc) is 3.43. The molecule has 0 radical (unpaired) electrons. The van der Waals surface area contributed by atoms with Crippen molar-refractivity contribution in [3.8, 4) is 0 Å². The van der Waals surface area contributed by atoms with Gasteiger partial charge in [0.25, 0.3) is 5.91 Å². The Hall–Kier alpha value is -1.79. The van der Waals surface area contributed by atoms with Crippen LogP contribution in [0.5, 0.6) is 0 Å². The summed E-state index contributed by atoms with van der Waals surface area (Å²) in [6.45, 7) is 0.733. The molecule has 0 saturated heterocycles. The van der Waals surface area contributed by atoms with Crippen molar-refractivity contribution >= 4 is 53.1 Å². The molecular formula is C19H20Cl3N3O2. The van der Waals surface area contributed by atoms with Gasteiger partial charge in [0.2, 0.25) is 5.91 Å². The minimum Gasteiger partial charge on any atom is -0.351 e. The Kier molecular flexibility index (Phi) is 7.50. The van der Waals surface area contributed by atoms with Crippen molar-refractivity contribution in [3.05, 3.63) is 63.6 Å². The van der Waals surface area contributed by atoms with Crippen LogP contribution in [0.2, 0.25) is 10.0 Å². The number of para-hydroxylation sites is 1. The van der Waals surface area contributed by atoms with Crippen molar-refractivity contribution in [2.45, 2.75) is 12.3 Å². The zero-order valence-electron chi connectivity index (χ0n) is 14.4. The topological polar surface area (TPSA) is 84.2 Å². The molecule has 4 N–H and O–H groups in total.